The number of hydrogen-bond acceptors (Lipinski definition) is 3. The van der Waals surface area contributed by atoms with E-state index in [1.807, 2.05) is 6.92 Å². The maximum atomic E-state index is 11.1. The van der Waals surface area contributed by atoms with E-state index in [1.54, 1.807) is 0 Å². The van der Waals surface area contributed by atoms with Gasteiger partial charge in [0.15, 0.2) is 0 Å². The lowest BCUT2D eigenvalue weighted by atomic mass is 9.80. The zero-order valence-corrected chi connectivity index (χ0v) is 10.7. The summed E-state index contributed by atoms with van der Waals surface area (Å²) in [4.78, 5) is 11.1. The third-order valence-corrected chi connectivity index (χ3v) is 3.52. The van der Waals surface area contributed by atoms with Gasteiger partial charge in [0.05, 0.1) is 25.7 Å². The van der Waals surface area contributed by atoms with Gasteiger partial charge in [0.25, 0.3) is 0 Å². The lowest BCUT2D eigenvalue weighted by Gasteiger charge is -2.31. The lowest BCUT2D eigenvalue weighted by molar-refractivity contribution is -0.145. The van der Waals surface area contributed by atoms with Crippen LogP contribution in [0.25, 0.3) is 0 Å². The van der Waals surface area contributed by atoms with Crippen LogP contribution in [0, 0.1) is 11.8 Å². The van der Waals surface area contributed by atoms with Crippen molar-refractivity contribution < 1.29 is 14.3 Å². The first-order chi connectivity index (χ1) is 7.63. The summed E-state index contributed by atoms with van der Waals surface area (Å²) in [6, 6.07) is 0. The van der Waals surface area contributed by atoms with Gasteiger partial charge < -0.3 is 9.47 Å². The molecule has 0 aromatic rings. The van der Waals surface area contributed by atoms with Gasteiger partial charge in [-0.3, -0.25) is 4.79 Å². The Labute approximate surface area is 98.5 Å². The molecule has 3 nitrogen and oxygen atoms in total. The smallest absolute Gasteiger partial charge is 0.308 e. The number of carbonyl (C=O) groups is 1. The average molecular weight is 228 g/mol. The molecule has 3 atom stereocenters. The second-order valence-corrected chi connectivity index (χ2v) is 4.82. The summed E-state index contributed by atoms with van der Waals surface area (Å²) in [6.45, 7) is 7.37. The predicted octanol–water partition coefficient (Wildman–Crippen LogP) is 2.78. The second-order valence-electron chi connectivity index (χ2n) is 4.82. The fourth-order valence-electron chi connectivity index (χ4n) is 2.19. The normalized spacial score (nSPS) is 30.1. The maximum Gasteiger partial charge on any atom is 0.308 e. The van der Waals surface area contributed by atoms with Crippen molar-refractivity contribution in [2.45, 2.75) is 52.6 Å². The van der Waals surface area contributed by atoms with Crippen LogP contribution in [0.3, 0.4) is 0 Å². The van der Waals surface area contributed by atoms with Gasteiger partial charge in [0, 0.05) is 0 Å². The largest absolute Gasteiger partial charge is 0.466 e. The quantitative estimate of drug-likeness (QED) is 0.679. The molecule has 1 fully saturated rings. The summed E-state index contributed by atoms with van der Waals surface area (Å²) >= 11 is 0. The second kappa shape index (κ2) is 6.89. The van der Waals surface area contributed by atoms with Gasteiger partial charge in [0.2, 0.25) is 0 Å². The molecule has 0 spiro atoms. The Bertz CT molecular complexity index is 215. The van der Waals surface area contributed by atoms with Crippen LogP contribution >= 0.6 is 0 Å². The predicted molar refractivity (Wildman–Crippen MR) is 63.2 cm³/mol. The SMILES string of the molecule is CCOC(=O)CCOC1CCC(C)C(C)C1. The van der Waals surface area contributed by atoms with Crippen molar-refractivity contribution in [3.63, 3.8) is 0 Å². The third kappa shape index (κ3) is 4.52. The van der Waals surface area contributed by atoms with Crippen molar-refractivity contribution in [1.29, 1.82) is 0 Å². The molecule has 0 aromatic heterocycles. The van der Waals surface area contributed by atoms with Crippen LogP contribution in [-0.2, 0) is 14.3 Å². The van der Waals surface area contributed by atoms with Crippen LogP contribution in [-0.4, -0.2) is 25.3 Å². The van der Waals surface area contributed by atoms with E-state index in [0.29, 0.717) is 25.7 Å². The van der Waals surface area contributed by atoms with Crippen molar-refractivity contribution in [1.82, 2.24) is 0 Å². The van der Waals surface area contributed by atoms with E-state index in [4.69, 9.17) is 9.47 Å². The van der Waals surface area contributed by atoms with Crippen LogP contribution in [0.4, 0.5) is 0 Å². The molecule has 1 aliphatic rings. The van der Waals surface area contributed by atoms with Gasteiger partial charge in [-0.1, -0.05) is 13.8 Å². The first-order valence-electron chi connectivity index (χ1n) is 6.40. The van der Waals surface area contributed by atoms with Crippen molar-refractivity contribution >= 4 is 5.97 Å². The summed E-state index contributed by atoms with van der Waals surface area (Å²) < 4.78 is 10.6. The van der Waals surface area contributed by atoms with E-state index in [1.165, 1.54) is 6.42 Å². The van der Waals surface area contributed by atoms with Crippen LogP contribution in [0.1, 0.15) is 46.5 Å². The molecule has 0 amide bonds. The van der Waals surface area contributed by atoms with Gasteiger partial charge >= 0.3 is 5.97 Å². The van der Waals surface area contributed by atoms with E-state index in [2.05, 4.69) is 13.8 Å². The Morgan fingerprint density at radius 3 is 2.62 bits per heavy atom. The molecule has 1 aliphatic carbocycles. The molecule has 0 heterocycles. The van der Waals surface area contributed by atoms with Gasteiger partial charge in [-0.15, -0.1) is 0 Å². The molecule has 1 saturated carbocycles. The number of esters is 1. The van der Waals surface area contributed by atoms with Crippen molar-refractivity contribution in [3.05, 3.63) is 0 Å². The van der Waals surface area contributed by atoms with Gasteiger partial charge in [-0.25, -0.2) is 0 Å². The maximum absolute atomic E-state index is 11.1. The molecule has 3 heteroatoms. The number of carbonyl (C=O) groups excluding carboxylic acids is 1. The van der Waals surface area contributed by atoms with Gasteiger partial charge in [0.1, 0.15) is 0 Å². The topological polar surface area (TPSA) is 35.5 Å². The van der Waals surface area contributed by atoms with E-state index < -0.39 is 0 Å². The number of ether oxygens (including phenoxy) is 2. The molecular formula is C13H24O3. The average Bonchev–Trinajstić information content (AvgIpc) is 2.24. The van der Waals surface area contributed by atoms with E-state index in [9.17, 15) is 4.79 Å². The van der Waals surface area contributed by atoms with Crippen LogP contribution in [0.15, 0.2) is 0 Å². The van der Waals surface area contributed by atoms with Crippen LogP contribution in [0.5, 0.6) is 0 Å². The molecule has 0 N–H and O–H groups in total. The Morgan fingerprint density at radius 1 is 1.25 bits per heavy atom. The highest BCUT2D eigenvalue weighted by Gasteiger charge is 2.24. The highest BCUT2D eigenvalue weighted by Crippen LogP contribution is 2.30. The van der Waals surface area contributed by atoms with E-state index >= 15 is 0 Å². The summed E-state index contributed by atoms with van der Waals surface area (Å²) in [7, 11) is 0. The minimum Gasteiger partial charge on any atom is -0.466 e. The van der Waals surface area contributed by atoms with Gasteiger partial charge in [-0.05, 0) is 38.0 Å². The summed E-state index contributed by atoms with van der Waals surface area (Å²) in [5.41, 5.74) is 0. The molecule has 0 aromatic carbocycles. The Morgan fingerprint density at radius 2 is 2.00 bits per heavy atom. The molecule has 16 heavy (non-hydrogen) atoms. The van der Waals surface area contributed by atoms with Gasteiger partial charge in [-0.2, -0.15) is 0 Å². The van der Waals surface area contributed by atoms with Crippen molar-refractivity contribution in [2.75, 3.05) is 13.2 Å². The Balaban J connectivity index is 2.12. The molecule has 1 rings (SSSR count). The number of rotatable bonds is 5. The van der Waals surface area contributed by atoms with Crippen molar-refractivity contribution in [3.8, 4) is 0 Å². The lowest BCUT2D eigenvalue weighted by Crippen LogP contribution is -2.27. The summed E-state index contributed by atoms with van der Waals surface area (Å²) in [5.74, 6) is 1.39. The van der Waals surface area contributed by atoms with Crippen LogP contribution < -0.4 is 0 Å². The summed E-state index contributed by atoms with van der Waals surface area (Å²) in [5, 5.41) is 0. The highest BCUT2D eigenvalue weighted by molar-refractivity contribution is 5.69. The zero-order valence-electron chi connectivity index (χ0n) is 10.7. The van der Waals surface area contributed by atoms with Crippen molar-refractivity contribution in [2.24, 2.45) is 11.8 Å². The fraction of sp³-hybridized carbons (Fsp3) is 0.923. The molecule has 94 valence electrons. The molecule has 0 bridgehead atoms. The first-order valence-corrected chi connectivity index (χ1v) is 6.40. The molecular weight excluding hydrogens is 204 g/mol. The Hall–Kier alpha value is -0.570. The minimum absolute atomic E-state index is 0.153. The third-order valence-electron chi connectivity index (χ3n) is 3.52. The standard InChI is InChI=1S/C13H24O3/c1-4-15-13(14)7-8-16-12-6-5-10(2)11(3)9-12/h10-12H,4-9H2,1-3H3. The van der Waals surface area contributed by atoms with Crippen LogP contribution in [0.2, 0.25) is 0 Å². The fourth-order valence-corrected chi connectivity index (χ4v) is 2.19. The molecule has 0 saturated heterocycles. The summed E-state index contributed by atoms with van der Waals surface area (Å²) in [6.07, 6.45) is 4.23. The molecule has 0 radical (unpaired) electrons. The van der Waals surface area contributed by atoms with E-state index in [0.717, 1.165) is 24.7 Å². The minimum atomic E-state index is -0.153. The Kier molecular flexibility index (Phi) is 5.81. The highest BCUT2D eigenvalue weighted by atomic mass is 16.5. The zero-order chi connectivity index (χ0) is 12.0. The first kappa shape index (κ1) is 13.5. The monoisotopic (exact) mass is 228 g/mol. The number of hydrogen-bond donors (Lipinski definition) is 0. The molecule has 0 aliphatic heterocycles. The van der Waals surface area contributed by atoms with E-state index in [-0.39, 0.29) is 5.97 Å². The molecule has 3 unspecified atom stereocenters.